The van der Waals surface area contributed by atoms with Gasteiger partial charge in [0, 0.05) is 45.2 Å². The van der Waals surface area contributed by atoms with Crippen molar-refractivity contribution in [2.24, 2.45) is 11.3 Å². The predicted molar refractivity (Wildman–Crippen MR) is 192 cm³/mol. The molecule has 3 aromatic rings. The summed E-state index contributed by atoms with van der Waals surface area (Å²) in [5.74, 6) is 3.19. The Morgan fingerprint density at radius 2 is 1.71 bits per heavy atom. The topological polar surface area (TPSA) is 51.2 Å². The first kappa shape index (κ1) is 33.3. The predicted octanol–water partition coefficient (Wildman–Crippen LogP) is 8.06. The van der Waals surface area contributed by atoms with Crippen molar-refractivity contribution in [3.05, 3.63) is 81.9 Å². The third kappa shape index (κ3) is 6.94. The number of hydrogen-bond acceptors (Lipinski definition) is 6. The lowest BCUT2D eigenvalue weighted by atomic mass is 9.75. The van der Waals surface area contributed by atoms with Gasteiger partial charge in [-0.15, -0.1) is 0 Å². The van der Waals surface area contributed by atoms with Crippen LogP contribution in [0.4, 0.5) is 0 Å². The summed E-state index contributed by atoms with van der Waals surface area (Å²) >= 11 is 0. The quantitative estimate of drug-likeness (QED) is 0.175. The zero-order chi connectivity index (χ0) is 33.4. The van der Waals surface area contributed by atoms with Crippen LogP contribution in [0.2, 0.25) is 0 Å². The van der Waals surface area contributed by atoms with Gasteiger partial charge in [-0.25, -0.2) is 0 Å². The van der Waals surface area contributed by atoms with Crippen molar-refractivity contribution in [3.8, 4) is 22.6 Å². The summed E-state index contributed by atoms with van der Waals surface area (Å²) in [6.45, 7) is 19.2. The fraction of sp³-hybridized carbons (Fsp3) is 0.548. The molecule has 0 bridgehead atoms. The molecule has 256 valence electrons. The molecule has 2 saturated heterocycles. The molecule has 2 heterocycles. The number of nitrogens with zero attached hydrogens (tertiary/aromatic N) is 2. The van der Waals surface area contributed by atoms with Gasteiger partial charge >= 0.3 is 0 Å². The molecule has 0 unspecified atom stereocenters. The summed E-state index contributed by atoms with van der Waals surface area (Å²) in [7, 11) is 0. The van der Waals surface area contributed by atoms with E-state index in [4.69, 9.17) is 14.2 Å². The summed E-state index contributed by atoms with van der Waals surface area (Å²) in [5.41, 5.74) is 10.2. The number of ketones is 1. The molecule has 0 aromatic heterocycles. The van der Waals surface area contributed by atoms with Crippen LogP contribution in [0.5, 0.6) is 11.5 Å². The molecule has 0 amide bonds. The second-order valence-electron chi connectivity index (χ2n) is 15.4. The van der Waals surface area contributed by atoms with Gasteiger partial charge in [0.05, 0.1) is 25.2 Å². The Morgan fingerprint density at radius 3 is 2.46 bits per heavy atom. The monoisotopic (exact) mass is 650 g/mol. The van der Waals surface area contributed by atoms with Crippen LogP contribution >= 0.6 is 0 Å². The number of ether oxygens (including phenoxy) is 3. The lowest BCUT2D eigenvalue weighted by Crippen LogP contribution is -2.58. The van der Waals surface area contributed by atoms with Gasteiger partial charge in [0.2, 0.25) is 0 Å². The summed E-state index contributed by atoms with van der Waals surface area (Å²) < 4.78 is 18.7. The Morgan fingerprint density at radius 1 is 0.958 bits per heavy atom. The minimum atomic E-state index is -0.151. The molecule has 1 saturated carbocycles. The Labute approximate surface area is 287 Å². The number of rotatable bonds is 13. The van der Waals surface area contributed by atoms with Crippen LogP contribution < -0.4 is 9.47 Å². The number of carbonyl (C=O) groups excluding carboxylic acids is 1. The van der Waals surface area contributed by atoms with E-state index in [1.807, 2.05) is 0 Å². The number of benzene rings is 3. The van der Waals surface area contributed by atoms with Gasteiger partial charge in [-0.3, -0.25) is 14.6 Å². The van der Waals surface area contributed by atoms with E-state index in [2.05, 4.69) is 92.9 Å². The molecule has 3 fully saturated rings. The number of hydrogen-bond donors (Lipinski definition) is 0. The van der Waals surface area contributed by atoms with Crippen LogP contribution in [0.1, 0.15) is 91.9 Å². The van der Waals surface area contributed by atoms with Crippen LogP contribution in [0.3, 0.4) is 0 Å². The number of carbonyl (C=O) groups is 1. The molecule has 6 nitrogen and oxygen atoms in total. The fourth-order valence-corrected chi connectivity index (χ4v) is 8.35. The van der Waals surface area contributed by atoms with Gasteiger partial charge in [-0.1, -0.05) is 57.2 Å². The van der Waals surface area contributed by atoms with Gasteiger partial charge in [-0.2, -0.15) is 0 Å². The summed E-state index contributed by atoms with van der Waals surface area (Å²) in [6, 6.07) is 17.8. The number of morpholine rings is 1. The number of fused-ring (bicyclic) bond motifs is 1. The Bertz CT molecular complexity index is 1630. The van der Waals surface area contributed by atoms with Crippen molar-refractivity contribution >= 4 is 5.78 Å². The van der Waals surface area contributed by atoms with Gasteiger partial charge in [0.1, 0.15) is 23.4 Å². The zero-order valence-electron chi connectivity index (χ0n) is 29.8. The average Bonchev–Trinajstić information content (AvgIpc) is 3.84. The third-order valence-electron chi connectivity index (χ3n) is 11.2. The van der Waals surface area contributed by atoms with Crippen LogP contribution in [0.25, 0.3) is 11.1 Å². The van der Waals surface area contributed by atoms with Crippen molar-refractivity contribution in [2.45, 2.75) is 85.3 Å². The Kier molecular flexibility index (Phi) is 9.70. The first-order valence-electron chi connectivity index (χ1n) is 18.4. The van der Waals surface area contributed by atoms with Gasteiger partial charge < -0.3 is 14.2 Å². The summed E-state index contributed by atoms with van der Waals surface area (Å²) in [6.07, 6.45) is 5.22. The average molecular weight is 651 g/mol. The Hall–Kier alpha value is -3.19. The third-order valence-corrected chi connectivity index (χ3v) is 11.2. The molecular weight excluding hydrogens is 596 g/mol. The van der Waals surface area contributed by atoms with Crippen LogP contribution in [-0.2, 0) is 22.5 Å². The number of Topliss-reactive ketones (excluding diaryl/α,β-unsaturated/α-hetero) is 1. The van der Waals surface area contributed by atoms with E-state index in [-0.39, 0.29) is 11.5 Å². The molecule has 7 rings (SSSR count). The lowest BCUT2D eigenvalue weighted by molar-refractivity contribution is -0.139. The number of likely N-dealkylation sites (tertiary alicyclic amines) is 1. The fourth-order valence-electron chi connectivity index (χ4n) is 8.35. The van der Waals surface area contributed by atoms with E-state index >= 15 is 0 Å². The van der Waals surface area contributed by atoms with Crippen LogP contribution in [-0.4, -0.2) is 68.1 Å². The van der Waals surface area contributed by atoms with E-state index in [9.17, 15) is 4.79 Å². The highest BCUT2D eigenvalue weighted by molar-refractivity contribution is 5.89. The molecule has 48 heavy (non-hydrogen) atoms. The molecule has 0 spiro atoms. The second-order valence-corrected chi connectivity index (χ2v) is 15.4. The Balaban J connectivity index is 1.03. The molecule has 4 aliphatic rings. The van der Waals surface area contributed by atoms with Crippen molar-refractivity contribution in [1.82, 2.24) is 9.80 Å². The van der Waals surface area contributed by atoms with E-state index in [1.54, 1.807) is 0 Å². The highest BCUT2D eigenvalue weighted by Crippen LogP contribution is 2.45. The minimum absolute atomic E-state index is 0.0361. The summed E-state index contributed by atoms with van der Waals surface area (Å²) in [5, 5.41) is 0. The molecule has 2 aliphatic carbocycles. The molecule has 2 aliphatic heterocycles. The van der Waals surface area contributed by atoms with Gasteiger partial charge in [0.15, 0.2) is 0 Å². The van der Waals surface area contributed by atoms with Crippen LogP contribution in [0, 0.1) is 25.2 Å². The lowest BCUT2D eigenvalue weighted by Gasteiger charge is -2.47. The normalized spacial score (nSPS) is 20.8. The van der Waals surface area contributed by atoms with E-state index in [1.165, 1.54) is 44.5 Å². The summed E-state index contributed by atoms with van der Waals surface area (Å²) in [4.78, 5) is 17.7. The molecule has 1 atom stereocenters. The highest BCUT2D eigenvalue weighted by Gasteiger charge is 2.49. The van der Waals surface area contributed by atoms with E-state index in [0.717, 1.165) is 103 Å². The smallest absolute Gasteiger partial charge is 0.144 e. The maximum absolute atomic E-state index is 12.8. The van der Waals surface area contributed by atoms with E-state index < -0.39 is 0 Å². The second kappa shape index (κ2) is 14.0. The molecule has 3 aromatic carbocycles. The van der Waals surface area contributed by atoms with Crippen molar-refractivity contribution in [1.29, 1.82) is 0 Å². The molecule has 0 N–H and O–H groups in total. The maximum Gasteiger partial charge on any atom is 0.144 e. The van der Waals surface area contributed by atoms with Gasteiger partial charge in [0.25, 0.3) is 0 Å². The van der Waals surface area contributed by atoms with Crippen molar-refractivity contribution in [3.63, 3.8) is 0 Å². The van der Waals surface area contributed by atoms with Gasteiger partial charge in [-0.05, 0) is 109 Å². The first-order valence-corrected chi connectivity index (χ1v) is 18.4. The van der Waals surface area contributed by atoms with Crippen molar-refractivity contribution < 1.29 is 19.0 Å². The van der Waals surface area contributed by atoms with Crippen LogP contribution in [0.15, 0.2) is 48.5 Å². The van der Waals surface area contributed by atoms with Crippen molar-refractivity contribution in [2.75, 3.05) is 52.5 Å². The standard InChI is InChI=1S/C42H54N2O4/c1-28(2)37-24-40(29(3)23-32(37)25-44-26-42(5,27-44)41(45)31-13-14-31)48-39-16-15-35-34(10-6-11-36(35)39)33-9-7-12-38(30(33)4)47-20-8-17-43-18-21-46-22-19-43/h6-7,9-12,23-24,28,31,39H,8,13-22,25-27H2,1-5H3/t39-/m0/s1. The SMILES string of the molecule is Cc1cc(CN2CC(C)(C(=O)C3CC3)C2)c(C(C)C)cc1O[C@H]1CCc2c(-c3cccc(OCCCN4CCOCC4)c3C)cccc21. The zero-order valence-corrected chi connectivity index (χ0v) is 29.8. The maximum atomic E-state index is 12.8. The molecular formula is C42H54N2O4. The minimum Gasteiger partial charge on any atom is -0.493 e. The highest BCUT2D eigenvalue weighted by atomic mass is 16.5. The number of aryl methyl sites for hydroxylation is 1. The molecule has 0 radical (unpaired) electrons. The van der Waals surface area contributed by atoms with E-state index in [0.29, 0.717) is 17.6 Å². The molecule has 6 heteroatoms. The largest absolute Gasteiger partial charge is 0.493 e. The first-order chi connectivity index (χ1) is 23.2.